The number of nitrogens with one attached hydrogen (secondary N) is 1. The Morgan fingerprint density at radius 3 is 3.50 bits per heavy atom. The Hall–Kier alpha value is -0.720. The van der Waals surface area contributed by atoms with Gasteiger partial charge in [-0.05, 0) is 36.3 Å². The summed E-state index contributed by atoms with van der Waals surface area (Å²) in [6.07, 6.45) is 7.37. The largest absolute Gasteiger partial charge is 0.385 e. The van der Waals surface area contributed by atoms with Crippen molar-refractivity contribution in [3.05, 3.63) is 23.4 Å². The first-order chi connectivity index (χ1) is 4.95. The summed E-state index contributed by atoms with van der Waals surface area (Å²) < 4.78 is 0. The smallest absolute Gasteiger partial charge is 0.0332 e. The molecular weight excluding hydrogens is 122 g/mol. The Morgan fingerprint density at radius 2 is 2.50 bits per heavy atom. The van der Waals surface area contributed by atoms with Crippen LogP contribution in [0.1, 0.15) is 12.8 Å². The van der Waals surface area contributed by atoms with Crippen molar-refractivity contribution in [2.24, 2.45) is 11.8 Å². The van der Waals surface area contributed by atoms with Crippen LogP contribution in [0.4, 0.5) is 0 Å². The predicted octanol–water partition coefficient (Wildman–Crippen LogP) is 1.44. The monoisotopic (exact) mass is 133 g/mol. The third-order valence-electron chi connectivity index (χ3n) is 2.85. The number of fused-ring (bicyclic) bond motifs is 2. The summed E-state index contributed by atoms with van der Waals surface area (Å²) in [6.45, 7) is 1.18. The molecule has 0 bridgehead atoms. The average molecular weight is 133 g/mol. The standard InChI is InChI=1S/C9H11N/c1-2-9-7(3-4-10-9)8-5-6(1)8/h1-2,6,8,10H,3-5H2/t6-,8?/m0/s1. The molecule has 3 aliphatic rings. The van der Waals surface area contributed by atoms with Crippen LogP contribution >= 0.6 is 0 Å². The highest BCUT2D eigenvalue weighted by atomic mass is 14.9. The summed E-state index contributed by atoms with van der Waals surface area (Å²) >= 11 is 0. The first kappa shape index (κ1) is 5.00. The van der Waals surface area contributed by atoms with Gasteiger partial charge in [-0.1, -0.05) is 6.08 Å². The summed E-state index contributed by atoms with van der Waals surface area (Å²) in [5.74, 6) is 1.88. The van der Waals surface area contributed by atoms with Crippen LogP contribution in [-0.4, -0.2) is 6.54 Å². The minimum absolute atomic E-state index is 0.929. The van der Waals surface area contributed by atoms with E-state index in [0.29, 0.717) is 0 Å². The summed E-state index contributed by atoms with van der Waals surface area (Å²) in [4.78, 5) is 0. The van der Waals surface area contributed by atoms with E-state index in [9.17, 15) is 0 Å². The molecule has 0 spiro atoms. The van der Waals surface area contributed by atoms with Crippen LogP contribution in [-0.2, 0) is 0 Å². The van der Waals surface area contributed by atoms with Crippen molar-refractivity contribution in [3.8, 4) is 0 Å². The zero-order valence-electron chi connectivity index (χ0n) is 5.93. The third-order valence-corrected chi connectivity index (χ3v) is 2.85. The van der Waals surface area contributed by atoms with Crippen LogP contribution in [0.5, 0.6) is 0 Å². The lowest BCUT2D eigenvalue weighted by molar-refractivity contribution is 0.846. The molecule has 3 rings (SSSR count). The molecule has 0 saturated heterocycles. The van der Waals surface area contributed by atoms with Crippen molar-refractivity contribution in [1.29, 1.82) is 0 Å². The number of rotatable bonds is 0. The van der Waals surface area contributed by atoms with Gasteiger partial charge in [-0.15, -0.1) is 0 Å². The lowest BCUT2D eigenvalue weighted by Crippen LogP contribution is -2.05. The molecule has 0 amide bonds. The Morgan fingerprint density at radius 1 is 1.50 bits per heavy atom. The highest BCUT2D eigenvalue weighted by Crippen LogP contribution is 2.50. The van der Waals surface area contributed by atoms with Gasteiger partial charge in [0.05, 0.1) is 0 Å². The molecule has 2 atom stereocenters. The SMILES string of the molecule is C1=C[C@H]2CC2C2=C1NCC2. The van der Waals surface area contributed by atoms with Crippen LogP contribution in [0.25, 0.3) is 0 Å². The fourth-order valence-corrected chi connectivity index (χ4v) is 2.18. The molecule has 1 aliphatic heterocycles. The first-order valence-electron chi connectivity index (χ1n) is 4.10. The van der Waals surface area contributed by atoms with E-state index in [1.165, 1.54) is 25.1 Å². The van der Waals surface area contributed by atoms with E-state index in [0.717, 1.165) is 11.8 Å². The Labute approximate surface area is 60.8 Å². The number of hydrogen-bond donors (Lipinski definition) is 1. The molecule has 1 unspecified atom stereocenters. The van der Waals surface area contributed by atoms with Gasteiger partial charge in [-0.2, -0.15) is 0 Å². The van der Waals surface area contributed by atoms with Gasteiger partial charge in [0.1, 0.15) is 0 Å². The molecular formula is C9H11N. The Balaban J connectivity index is 2.07. The molecule has 0 aromatic carbocycles. The molecule has 1 nitrogen and oxygen atoms in total. The summed E-state index contributed by atoms with van der Waals surface area (Å²) in [5, 5.41) is 3.41. The lowest BCUT2D eigenvalue weighted by Gasteiger charge is -2.05. The van der Waals surface area contributed by atoms with E-state index in [1.807, 2.05) is 0 Å². The lowest BCUT2D eigenvalue weighted by atomic mass is 10.0. The fraction of sp³-hybridized carbons (Fsp3) is 0.556. The second kappa shape index (κ2) is 1.47. The van der Waals surface area contributed by atoms with Crippen LogP contribution in [0.2, 0.25) is 0 Å². The second-order valence-corrected chi connectivity index (χ2v) is 3.48. The van der Waals surface area contributed by atoms with Crippen molar-refractivity contribution >= 4 is 0 Å². The minimum Gasteiger partial charge on any atom is -0.385 e. The quantitative estimate of drug-likeness (QED) is 0.527. The zero-order valence-corrected chi connectivity index (χ0v) is 5.93. The topological polar surface area (TPSA) is 12.0 Å². The minimum atomic E-state index is 0.929. The van der Waals surface area contributed by atoms with Gasteiger partial charge in [0.15, 0.2) is 0 Å². The van der Waals surface area contributed by atoms with Crippen LogP contribution in [0.15, 0.2) is 23.4 Å². The zero-order chi connectivity index (χ0) is 6.55. The van der Waals surface area contributed by atoms with Crippen molar-refractivity contribution in [1.82, 2.24) is 5.32 Å². The molecule has 1 heteroatoms. The molecule has 1 saturated carbocycles. The van der Waals surface area contributed by atoms with E-state index >= 15 is 0 Å². The third kappa shape index (κ3) is 0.487. The Kier molecular flexibility index (Phi) is 0.735. The maximum atomic E-state index is 3.41. The highest BCUT2D eigenvalue weighted by molar-refractivity contribution is 5.39. The molecule has 0 aromatic rings. The van der Waals surface area contributed by atoms with Gasteiger partial charge in [0, 0.05) is 12.2 Å². The second-order valence-electron chi connectivity index (χ2n) is 3.48. The molecule has 10 heavy (non-hydrogen) atoms. The molecule has 0 aromatic heterocycles. The van der Waals surface area contributed by atoms with Gasteiger partial charge in [0.2, 0.25) is 0 Å². The van der Waals surface area contributed by atoms with Gasteiger partial charge in [-0.3, -0.25) is 0 Å². The average Bonchev–Trinajstić information content (AvgIpc) is 2.60. The first-order valence-corrected chi connectivity index (χ1v) is 4.10. The van der Waals surface area contributed by atoms with E-state index < -0.39 is 0 Å². The molecule has 52 valence electrons. The summed E-state index contributed by atoms with van der Waals surface area (Å²) in [7, 11) is 0. The molecule has 1 N–H and O–H groups in total. The summed E-state index contributed by atoms with van der Waals surface area (Å²) in [5.41, 5.74) is 3.16. The van der Waals surface area contributed by atoms with Gasteiger partial charge in [-0.25, -0.2) is 0 Å². The van der Waals surface area contributed by atoms with Crippen molar-refractivity contribution in [2.75, 3.05) is 6.54 Å². The molecule has 0 radical (unpaired) electrons. The molecule has 2 aliphatic carbocycles. The Bertz CT molecular complexity index is 237. The van der Waals surface area contributed by atoms with E-state index in [-0.39, 0.29) is 0 Å². The van der Waals surface area contributed by atoms with Crippen LogP contribution < -0.4 is 5.32 Å². The normalized spacial score (nSPS) is 40.8. The van der Waals surface area contributed by atoms with Crippen LogP contribution in [0.3, 0.4) is 0 Å². The fourth-order valence-electron chi connectivity index (χ4n) is 2.18. The van der Waals surface area contributed by atoms with Crippen LogP contribution in [0, 0.1) is 11.8 Å². The number of allylic oxidation sites excluding steroid dienone is 2. The van der Waals surface area contributed by atoms with Crippen molar-refractivity contribution in [2.45, 2.75) is 12.8 Å². The van der Waals surface area contributed by atoms with Crippen molar-refractivity contribution in [3.63, 3.8) is 0 Å². The van der Waals surface area contributed by atoms with Gasteiger partial charge >= 0.3 is 0 Å². The summed E-state index contributed by atoms with van der Waals surface area (Å²) in [6, 6.07) is 0. The van der Waals surface area contributed by atoms with Gasteiger partial charge in [0.25, 0.3) is 0 Å². The highest BCUT2D eigenvalue weighted by Gasteiger charge is 2.41. The predicted molar refractivity (Wildman–Crippen MR) is 40.4 cm³/mol. The van der Waals surface area contributed by atoms with Crippen molar-refractivity contribution < 1.29 is 0 Å². The number of hydrogen-bond acceptors (Lipinski definition) is 1. The van der Waals surface area contributed by atoms with E-state index in [4.69, 9.17) is 0 Å². The molecule has 1 heterocycles. The van der Waals surface area contributed by atoms with E-state index in [1.54, 1.807) is 5.57 Å². The maximum absolute atomic E-state index is 3.41. The van der Waals surface area contributed by atoms with E-state index in [2.05, 4.69) is 17.5 Å². The maximum Gasteiger partial charge on any atom is 0.0332 e. The van der Waals surface area contributed by atoms with Gasteiger partial charge < -0.3 is 5.32 Å². The molecule has 1 fully saturated rings.